The summed E-state index contributed by atoms with van der Waals surface area (Å²) >= 11 is 1.55. The van der Waals surface area contributed by atoms with Crippen molar-refractivity contribution in [3.05, 3.63) is 52.0 Å². The van der Waals surface area contributed by atoms with E-state index in [9.17, 15) is 9.59 Å². The van der Waals surface area contributed by atoms with Gasteiger partial charge in [0.15, 0.2) is 0 Å². The fourth-order valence-electron chi connectivity index (χ4n) is 3.04. The smallest absolute Gasteiger partial charge is 0.237 e. The summed E-state index contributed by atoms with van der Waals surface area (Å²) in [4.78, 5) is 30.9. The number of amides is 2. The van der Waals surface area contributed by atoms with Gasteiger partial charge in [-0.3, -0.25) is 14.5 Å². The number of carbonyl (C=O) groups excluding carboxylic acids is 2. The number of hydrogen-bond donors (Lipinski definition) is 2. The minimum Gasteiger partial charge on any atom is -0.356 e. The maximum atomic E-state index is 12.3. The number of benzene rings is 1. The number of nitrogens with zero attached hydrogens (tertiary/aromatic N) is 2. The van der Waals surface area contributed by atoms with Crippen molar-refractivity contribution >= 4 is 23.2 Å². The Morgan fingerprint density at radius 1 is 1.38 bits per heavy atom. The molecule has 1 aromatic carbocycles. The molecule has 1 aromatic heterocycles. The Morgan fingerprint density at radius 3 is 2.92 bits per heavy atom. The molecule has 1 atom stereocenters. The van der Waals surface area contributed by atoms with Gasteiger partial charge in [0, 0.05) is 38.0 Å². The monoisotopic (exact) mass is 372 g/mol. The van der Waals surface area contributed by atoms with E-state index in [-0.39, 0.29) is 18.2 Å². The zero-order valence-electron chi connectivity index (χ0n) is 14.9. The highest BCUT2D eigenvalue weighted by molar-refractivity contribution is 7.07. The van der Waals surface area contributed by atoms with Gasteiger partial charge in [-0.25, -0.2) is 4.98 Å². The summed E-state index contributed by atoms with van der Waals surface area (Å²) in [5, 5.41) is 7.75. The van der Waals surface area contributed by atoms with Gasteiger partial charge in [-0.05, 0) is 12.5 Å². The molecule has 6 nitrogen and oxygen atoms in total. The Balaban J connectivity index is 1.54. The molecular weight excluding hydrogens is 348 g/mol. The van der Waals surface area contributed by atoms with E-state index in [1.165, 1.54) is 5.56 Å². The van der Waals surface area contributed by atoms with E-state index in [0.717, 1.165) is 17.8 Å². The van der Waals surface area contributed by atoms with E-state index in [1.54, 1.807) is 16.8 Å². The molecule has 1 aliphatic heterocycles. The fraction of sp³-hybridized carbons (Fsp3) is 0.421. The van der Waals surface area contributed by atoms with Crippen LogP contribution in [0.5, 0.6) is 0 Å². The van der Waals surface area contributed by atoms with Crippen LogP contribution in [0.1, 0.15) is 23.2 Å². The molecule has 2 heterocycles. The number of aromatic nitrogens is 1. The van der Waals surface area contributed by atoms with Gasteiger partial charge in [-0.1, -0.05) is 29.8 Å². The van der Waals surface area contributed by atoms with Gasteiger partial charge in [0.2, 0.25) is 11.8 Å². The number of rotatable bonds is 7. The van der Waals surface area contributed by atoms with Gasteiger partial charge < -0.3 is 10.6 Å². The maximum Gasteiger partial charge on any atom is 0.237 e. The highest BCUT2D eigenvalue weighted by Gasteiger charge is 2.31. The van der Waals surface area contributed by atoms with Crippen molar-refractivity contribution in [3.63, 3.8) is 0 Å². The van der Waals surface area contributed by atoms with Crippen LogP contribution in [0.25, 0.3) is 0 Å². The minimum atomic E-state index is -0.427. The van der Waals surface area contributed by atoms with Crippen molar-refractivity contribution in [3.8, 4) is 0 Å². The van der Waals surface area contributed by atoms with Crippen LogP contribution in [0.4, 0.5) is 0 Å². The third-order valence-electron chi connectivity index (χ3n) is 4.51. The van der Waals surface area contributed by atoms with E-state index in [4.69, 9.17) is 0 Å². The Labute approximate surface area is 157 Å². The molecule has 1 aliphatic rings. The van der Waals surface area contributed by atoms with Crippen LogP contribution in [-0.2, 0) is 22.6 Å². The lowest BCUT2D eigenvalue weighted by Crippen LogP contribution is -2.56. The molecule has 0 bridgehead atoms. The molecule has 138 valence electrons. The summed E-state index contributed by atoms with van der Waals surface area (Å²) in [6.07, 6.45) is 0.883. The van der Waals surface area contributed by atoms with Gasteiger partial charge in [-0.15, -0.1) is 11.3 Å². The second-order valence-electron chi connectivity index (χ2n) is 6.55. The molecule has 2 N–H and O–H groups in total. The Morgan fingerprint density at radius 2 is 2.19 bits per heavy atom. The summed E-state index contributed by atoms with van der Waals surface area (Å²) in [5.74, 6) is -0.172. The lowest BCUT2D eigenvalue weighted by atomic mass is 10.1. The van der Waals surface area contributed by atoms with Gasteiger partial charge >= 0.3 is 0 Å². The highest BCUT2D eigenvalue weighted by Crippen LogP contribution is 2.14. The summed E-state index contributed by atoms with van der Waals surface area (Å²) in [6, 6.07) is 7.86. The van der Waals surface area contributed by atoms with E-state index in [2.05, 4.69) is 51.7 Å². The summed E-state index contributed by atoms with van der Waals surface area (Å²) < 4.78 is 0. The van der Waals surface area contributed by atoms with E-state index in [1.807, 2.05) is 5.38 Å². The van der Waals surface area contributed by atoms with Crippen LogP contribution in [0.15, 0.2) is 35.2 Å². The third kappa shape index (κ3) is 5.12. The lowest BCUT2D eigenvalue weighted by molar-refractivity contribution is -0.134. The molecule has 1 saturated heterocycles. The average molecular weight is 372 g/mol. The number of thiazole rings is 1. The van der Waals surface area contributed by atoms with E-state index < -0.39 is 6.04 Å². The second kappa shape index (κ2) is 8.91. The minimum absolute atomic E-state index is 0.0713. The largest absolute Gasteiger partial charge is 0.356 e. The summed E-state index contributed by atoms with van der Waals surface area (Å²) in [6.45, 7) is 4.62. The molecule has 0 saturated carbocycles. The lowest BCUT2D eigenvalue weighted by Gasteiger charge is -2.34. The Bertz CT molecular complexity index is 731. The third-order valence-corrected chi connectivity index (χ3v) is 5.15. The van der Waals surface area contributed by atoms with E-state index >= 15 is 0 Å². The van der Waals surface area contributed by atoms with Gasteiger partial charge in [-0.2, -0.15) is 0 Å². The zero-order chi connectivity index (χ0) is 18.4. The molecule has 2 aromatic rings. The summed E-state index contributed by atoms with van der Waals surface area (Å²) in [7, 11) is 0. The first-order valence-corrected chi connectivity index (χ1v) is 9.77. The van der Waals surface area contributed by atoms with Gasteiger partial charge in [0.25, 0.3) is 0 Å². The number of nitrogens with one attached hydrogen (secondary N) is 2. The van der Waals surface area contributed by atoms with Crippen molar-refractivity contribution in [1.29, 1.82) is 0 Å². The first-order chi connectivity index (χ1) is 12.6. The molecule has 0 unspecified atom stereocenters. The fourth-order valence-corrected chi connectivity index (χ4v) is 3.63. The normalized spacial score (nSPS) is 17.7. The molecule has 3 rings (SSSR count). The quantitative estimate of drug-likeness (QED) is 0.772. The number of aryl methyl sites for hydroxylation is 1. The number of piperazine rings is 1. The van der Waals surface area contributed by atoms with Crippen LogP contribution in [0, 0.1) is 6.92 Å². The predicted molar refractivity (Wildman–Crippen MR) is 102 cm³/mol. The average Bonchev–Trinajstić information content (AvgIpc) is 3.13. The van der Waals surface area contributed by atoms with Crippen LogP contribution >= 0.6 is 11.3 Å². The van der Waals surface area contributed by atoms with Crippen molar-refractivity contribution in [2.24, 2.45) is 0 Å². The predicted octanol–water partition coefficient (Wildman–Crippen LogP) is 1.50. The number of carbonyl (C=O) groups is 2. The Hall–Kier alpha value is -2.25. The Kier molecular flexibility index (Phi) is 6.35. The number of hydrogen-bond acceptors (Lipinski definition) is 5. The van der Waals surface area contributed by atoms with Crippen molar-refractivity contribution in [1.82, 2.24) is 20.5 Å². The SMILES string of the molecule is Cc1ccc(CN2CCNC(=O)[C@H]2CC(=O)NCCc2cscn2)cc1. The molecule has 0 radical (unpaired) electrons. The molecule has 26 heavy (non-hydrogen) atoms. The topological polar surface area (TPSA) is 74.3 Å². The van der Waals surface area contributed by atoms with Gasteiger partial charge in [0.05, 0.1) is 23.7 Å². The van der Waals surface area contributed by atoms with Crippen LogP contribution in [0.3, 0.4) is 0 Å². The van der Waals surface area contributed by atoms with Crippen molar-refractivity contribution in [2.75, 3.05) is 19.6 Å². The zero-order valence-corrected chi connectivity index (χ0v) is 15.7. The first-order valence-electron chi connectivity index (χ1n) is 8.83. The van der Waals surface area contributed by atoms with Crippen molar-refractivity contribution < 1.29 is 9.59 Å². The molecule has 7 heteroatoms. The van der Waals surface area contributed by atoms with Crippen LogP contribution < -0.4 is 10.6 Å². The molecular formula is C19H24N4O2S. The first kappa shape index (κ1) is 18.5. The molecule has 2 amide bonds. The van der Waals surface area contributed by atoms with Crippen molar-refractivity contribution in [2.45, 2.75) is 32.4 Å². The van der Waals surface area contributed by atoms with Crippen LogP contribution in [0.2, 0.25) is 0 Å². The standard InChI is InChI=1S/C19H24N4O2S/c1-14-2-4-15(5-3-14)11-23-9-8-21-19(25)17(23)10-18(24)20-7-6-16-12-26-13-22-16/h2-5,12-13,17H,6-11H2,1H3,(H,20,24)(H,21,25)/t17-/m1/s1. The highest BCUT2D eigenvalue weighted by atomic mass is 32.1. The van der Waals surface area contributed by atoms with Gasteiger partial charge in [0.1, 0.15) is 0 Å². The van der Waals surface area contributed by atoms with Crippen LogP contribution in [-0.4, -0.2) is 47.4 Å². The molecule has 0 spiro atoms. The van der Waals surface area contributed by atoms with E-state index in [0.29, 0.717) is 26.1 Å². The molecule has 1 fully saturated rings. The maximum absolute atomic E-state index is 12.3. The summed E-state index contributed by atoms with van der Waals surface area (Å²) in [5.41, 5.74) is 5.12. The molecule has 0 aliphatic carbocycles. The second-order valence-corrected chi connectivity index (χ2v) is 7.27.